The fourth-order valence-corrected chi connectivity index (χ4v) is 3.06. The highest BCUT2D eigenvalue weighted by Crippen LogP contribution is 2.22. The Morgan fingerprint density at radius 2 is 1.92 bits per heavy atom. The number of nitrogens with two attached hydrogens (primary N) is 1. The number of halogens is 1. The number of nitrogens with zero attached hydrogens (tertiary/aromatic N) is 1. The molecule has 0 saturated heterocycles. The first kappa shape index (κ1) is 18.0. The van der Waals surface area contributed by atoms with Crippen molar-refractivity contribution in [3.63, 3.8) is 0 Å². The van der Waals surface area contributed by atoms with Crippen LogP contribution in [0.25, 0.3) is 0 Å². The van der Waals surface area contributed by atoms with Gasteiger partial charge in [0.25, 0.3) is 5.91 Å². The molecule has 0 bridgehead atoms. The number of oxime groups is 1. The lowest BCUT2D eigenvalue weighted by molar-refractivity contribution is 0.103. The molecule has 0 saturated carbocycles. The van der Waals surface area contributed by atoms with Crippen LogP contribution in [0.2, 0.25) is 5.02 Å². The third kappa shape index (κ3) is 4.84. The van der Waals surface area contributed by atoms with E-state index in [1.54, 1.807) is 36.5 Å². The van der Waals surface area contributed by atoms with E-state index in [2.05, 4.69) is 10.5 Å². The molecule has 3 N–H and O–H groups in total. The van der Waals surface area contributed by atoms with Gasteiger partial charge in [-0.15, -0.1) is 11.3 Å². The number of rotatable bonds is 6. The predicted molar refractivity (Wildman–Crippen MR) is 107 cm³/mol. The molecule has 0 aliphatic rings. The number of amides is 1. The molecule has 0 fully saturated rings. The summed E-state index contributed by atoms with van der Waals surface area (Å²) >= 11 is 7.17. The number of hydrogen-bond acceptors (Lipinski definition) is 5. The average Bonchev–Trinajstić information content (AvgIpc) is 3.11. The van der Waals surface area contributed by atoms with Crippen LogP contribution in [0.3, 0.4) is 0 Å². The van der Waals surface area contributed by atoms with E-state index in [0.717, 1.165) is 10.4 Å². The van der Waals surface area contributed by atoms with Gasteiger partial charge >= 0.3 is 0 Å². The normalized spacial score (nSPS) is 10.8. The monoisotopic (exact) mass is 385 g/mol. The maximum Gasteiger partial charge on any atom is 0.265 e. The smallest absolute Gasteiger partial charge is 0.265 e. The zero-order valence-corrected chi connectivity index (χ0v) is 15.3. The van der Waals surface area contributed by atoms with Crippen LogP contribution in [0.5, 0.6) is 0 Å². The summed E-state index contributed by atoms with van der Waals surface area (Å²) in [7, 11) is 0. The Kier molecular flexibility index (Phi) is 5.88. The number of nitrogen functional groups attached to an aromatic ring is 1. The van der Waals surface area contributed by atoms with Gasteiger partial charge in [-0.1, -0.05) is 41.0 Å². The molecule has 0 radical (unpaired) electrons. The van der Waals surface area contributed by atoms with Crippen LogP contribution in [0.1, 0.15) is 20.1 Å². The van der Waals surface area contributed by atoms with E-state index in [4.69, 9.17) is 22.2 Å². The fraction of sp³-hybridized carbons (Fsp3) is 0.0526. The van der Waals surface area contributed by atoms with E-state index in [-0.39, 0.29) is 12.5 Å². The van der Waals surface area contributed by atoms with Gasteiger partial charge in [-0.25, -0.2) is 0 Å². The lowest BCUT2D eigenvalue weighted by Gasteiger charge is -2.06. The highest BCUT2D eigenvalue weighted by atomic mass is 35.5. The van der Waals surface area contributed by atoms with Crippen LogP contribution in [-0.2, 0) is 11.4 Å². The standard InChI is InChI=1S/C19H16ClN3O2S/c20-14-7-5-13(6-8-14)11-22-25-12-15-9-10-18(26-15)19(24)23-17-4-2-1-3-16(17)21/h1-11H,12,21H2,(H,23,24)/b22-11+. The molecule has 1 amide bonds. The van der Waals surface area contributed by atoms with E-state index in [0.29, 0.717) is 21.3 Å². The molecule has 1 heterocycles. The second-order valence-electron chi connectivity index (χ2n) is 5.37. The number of carbonyl (C=O) groups excluding carboxylic acids is 1. The summed E-state index contributed by atoms with van der Waals surface area (Å²) in [5.41, 5.74) is 7.84. The summed E-state index contributed by atoms with van der Waals surface area (Å²) < 4.78 is 0. The van der Waals surface area contributed by atoms with E-state index >= 15 is 0 Å². The third-order valence-corrected chi connectivity index (χ3v) is 4.76. The van der Waals surface area contributed by atoms with Crippen LogP contribution in [0.4, 0.5) is 11.4 Å². The van der Waals surface area contributed by atoms with Crippen molar-refractivity contribution in [2.24, 2.45) is 5.16 Å². The van der Waals surface area contributed by atoms with Crippen molar-refractivity contribution in [2.75, 3.05) is 11.1 Å². The maximum atomic E-state index is 12.3. The Labute approximate surface area is 160 Å². The lowest BCUT2D eigenvalue weighted by Crippen LogP contribution is -2.11. The van der Waals surface area contributed by atoms with Crippen molar-refractivity contribution >= 4 is 46.4 Å². The second-order valence-corrected chi connectivity index (χ2v) is 6.97. The molecule has 1 aromatic heterocycles. The first-order valence-electron chi connectivity index (χ1n) is 7.77. The molecule has 0 atom stereocenters. The number of para-hydroxylation sites is 2. The number of nitrogens with one attached hydrogen (secondary N) is 1. The first-order valence-corrected chi connectivity index (χ1v) is 8.97. The molecular formula is C19H16ClN3O2S. The molecule has 7 heteroatoms. The van der Waals surface area contributed by atoms with Crippen LogP contribution < -0.4 is 11.1 Å². The SMILES string of the molecule is Nc1ccccc1NC(=O)c1ccc(CO/N=C/c2ccc(Cl)cc2)s1. The van der Waals surface area contributed by atoms with Gasteiger partial charge in [0.2, 0.25) is 0 Å². The largest absolute Gasteiger partial charge is 0.397 e. The van der Waals surface area contributed by atoms with Crippen molar-refractivity contribution in [3.05, 3.63) is 81.0 Å². The second kappa shape index (κ2) is 8.51. The number of benzene rings is 2. The number of thiophene rings is 1. The zero-order chi connectivity index (χ0) is 18.4. The quantitative estimate of drug-likeness (QED) is 0.364. The van der Waals surface area contributed by atoms with Crippen molar-refractivity contribution in [1.82, 2.24) is 0 Å². The predicted octanol–water partition coefficient (Wildman–Crippen LogP) is 4.79. The van der Waals surface area contributed by atoms with Crippen molar-refractivity contribution in [2.45, 2.75) is 6.61 Å². The van der Waals surface area contributed by atoms with E-state index in [9.17, 15) is 4.79 Å². The highest BCUT2D eigenvalue weighted by molar-refractivity contribution is 7.14. The molecule has 0 aliphatic carbocycles. The van der Waals surface area contributed by atoms with E-state index < -0.39 is 0 Å². The van der Waals surface area contributed by atoms with Gasteiger partial charge in [-0.2, -0.15) is 0 Å². The van der Waals surface area contributed by atoms with Gasteiger partial charge in [0.05, 0.1) is 22.5 Å². The van der Waals surface area contributed by atoms with Crippen LogP contribution in [0.15, 0.2) is 65.8 Å². The van der Waals surface area contributed by atoms with Crippen molar-refractivity contribution in [1.29, 1.82) is 0 Å². The minimum Gasteiger partial charge on any atom is -0.397 e. The lowest BCUT2D eigenvalue weighted by atomic mass is 10.2. The molecule has 0 spiro atoms. The topological polar surface area (TPSA) is 76.7 Å². The van der Waals surface area contributed by atoms with Gasteiger partial charge in [-0.3, -0.25) is 4.79 Å². The average molecular weight is 386 g/mol. The number of anilines is 2. The molecule has 132 valence electrons. The minimum atomic E-state index is -0.205. The molecule has 5 nitrogen and oxygen atoms in total. The molecule has 3 rings (SSSR count). The molecule has 0 aliphatic heterocycles. The van der Waals surface area contributed by atoms with E-state index in [1.807, 2.05) is 30.3 Å². The third-order valence-electron chi connectivity index (χ3n) is 3.45. The molecule has 3 aromatic rings. The van der Waals surface area contributed by atoms with Crippen molar-refractivity contribution in [3.8, 4) is 0 Å². The maximum absolute atomic E-state index is 12.3. The number of hydrogen-bond donors (Lipinski definition) is 2. The molecule has 26 heavy (non-hydrogen) atoms. The zero-order valence-electron chi connectivity index (χ0n) is 13.7. The molecular weight excluding hydrogens is 370 g/mol. The summed E-state index contributed by atoms with van der Waals surface area (Å²) in [4.78, 5) is 19.0. The van der Waals surface area contributed by atoms with E-state index in [1.165, 1.54) is 11.3 Å². The van der Waals surface area contributed by atoms with Crippen molar-refractivity contribution < 1.29 is 9.63 Å². The molecule has 0 unspecified atom stereocenters. The Morgan fingerprint density at radius 1 is 1.15 bits per heavy atom. The van der Waals surface area contributed by atoms with Gasteiger partial charge in [0.1, 0.15) is 0 Å². The summed E-state index contributed by atoms with van der Waals surface area (Å²) in [5, 5.41) is 7.39. The Hall–Kier alpha value is -2.83. The summed E-state index contributed by atoms with van der Waals surface area (Å²) in [6, 6.07) is 18.0. The number of carbonyl (C=O) groups is 1. The van der Waals surface area contributed by atoms with Gasteiger partial charge < -0.3 is 15.9 Å². The van der Waals surface area contributed by atoms with Crippen LogP contribution in [0, 0.1) is 0 Å². The summed E-state index contributed by atoms with van der Waals surface area (Å²) in [6.45, 7) is 0.287. The fourth-order valence-electron chi connectivity index (χ4n) is 2.12. The Bertz CT molecular complexity index is 923. The molecule has 2 aromatic carbocycles. The van der Waals surface area contributed by atoms with Gasteiger partial charge in [-0.05, 0) is 42.0 Å². The van der Waals surface area contributed by atoms with Crippen LogP contribution >= 0.6 is 22.9 Å². The highest BCUT2D eigenvalue weighted by Gasteiger charge is 2.11. The summed E-state index contributed by atoms with van der Waals surface area (Å²) in [5.74, 6) is -0.205. The minimum absolute atomic E-state index is 0.205. The van der Waals surface area contributed by atoms with Crippen LogP contribution in [-0.4, -0.2) is 12.1 Å². The first-order chi connectivity index (χ1) is 12.6. The summed E-state index contributed by atoms with van der Waals surface area (Å²) in [6.07, 6.45) is 1.61. The van der Waals surface area contributed by atoms with Gasteiger partial charge in [0.15, 0.2) is 6.61 Å². The van der Waals surface area contributed by atoms with Gasteiger partial charge in [0, 0.05) is 9.90 Å². The Balaban J connectivity index is 1.53. The Morgan fingerprint density at radius 3 is 2.69 bits per heavy atom.